The first-order valence-corrected chi connectivity index (χ1v) is 9.42. The predicted octanol–water partition coefficient (Wildman–Crippen LogP) is 4.65. The standard InChI is InChI=1S/C6H5Cl.C6H13NOP2.CH4/c7-6-4-2-1-3-5-6;1-5-3-4-7(6(5)8)10-9-2;/h1-5H;5,9-10H,3-4H2,1-2H3;1H4. The largest absolute Gasteiger partial charge is 0.321 e. The van der Waals surface area contributed by atoms with Crippen molar-refractivity contribution in [3.63, 3.8) is 0 Å². The van der Waals surface area contributed by atoms with Gasteiger partial charge < -0.3 is 4.67 Å². The molecule has 18 heavy (non-hydrogen) atoms. The van der Waals surface area contributed by atoms with Crippen molar-refractivity contribution in [3.05, 3.63) is 35.4 Å². The lowest BCUT2D eigenvalue weighted by Gasteiger charge is -2.13. The van der Waals surface area contributed by atoms with E-state index in [9.17, 15) is 4.79 Å². The Kier molecular flexibility index (Phi) is 9.64. The lowest BCUT2D eigenvalue weighted by molar-refractivity contribution is -0.126. The first-order valence-electron chi connectivity index (χ1n) is 5.59. The van der Waals surface area contributed by atoms with E-state index in [1.165, 1.54) is 0 Å². The van der Waals surface area contributed by atoms with Crippen LogP contribution >= 0.6 is 28.3 Å². The van der Waals surface area contributed by atoms with Crippen LogP contribution in [-0.2, 0) is 4.79 Å². The summed E-state index contributed by atoms with van der Waals surface area (Å²) >= 11 is 5.54. The van der Waals surface area contributed by atoms with Crippen LogP contribution < -0.4 is 0 Å². The molecule has 1 saturated heterocycles. The summed E-state index contributed by atoms with van der Waals surface area (Å²) in [5.41, 5.74) is 0. The van der Waals surface area contributed by atoms with Crippen molar-refractivity contribution in [1.29, 1.82) is 0 Å². The molecule has 2 nitrogen and oxygen atoms in total. The van der Waals surface area contributed by atoms with Gasteiger partial charge in [0.2, 0.25) is 5.91 Å². The Morgan fingerprint density at radius 3 is 2.28 bits per heavy atom. The number of benzene rings is 1. The zero-order valence-corrected chi connectivity index (χ0v) is 12.9. The molecule has 5 heteroatoms. The Bertz CT molecular complexity index is 346. The Hall–Kier alpha value is -0.160. The van der Waals surface area contributed by atoms with Crippen LogP contribution in [-0.4, -0.2) is 23.8 Å². The van der Waals surface area contributed by atoms with E-state index in [-0.39, 0.29) is 7.43 Å². The maximum atomic E-state index is 11.2. The monoisotopic (exact) mass is 305 g/mol. The van der Waals surface area contributed by atoms with Gasteiger partial charge in [-0.05, 0) is 25.2 Å². The molecule has 3 atom stereocenters. The van der Waals surface area contributed by atoms with Gasteiger partial charge in [-0.1, -0.05) is 52.4 Å². The Morgan fingerprint density at radius 2 is 1.94 bits per heavy atom. The smallest absolute Gasteiger partial charge is 0.228 e. The summed E-state index contributed by atoms with van der Waals surface area (Å²) in [7, 11) is 1.65. The normalized spacial score (nSPS) is 19.2. The molecule has 0 spiro atoms. The molecule has 1 fully saturated rings. The minimum Gasteiger partial charge on any atom is -0.321 e. The minimum absolute atomic E-state index is 0. The summed E-state index contributed by atoms with van der Waals surface area (Å²) in [5.74, 6) is 0.663. The average Bonchev–Trinajstić information content (AvgIpc) is 2.64. The molecule has 1 amide bonds. The van der Waals surface area contributed by atoms with E-state index in [2.05, 4.69) is 6.66 Å². The Balaban J connectivity index is 0.000000321. The molecule has 0 N–H and O–H groups in total. The lowest BCUT2D eigenvalue weighted by Crippen LogP contribution is -2.16. The van der Waals surface area contributed by atoms with Crippen molar-refractivity contribution in [3.8, 4) is 0 Å². The van der Waals surface area contributed by atoms with Gasteiger partial charge in [0, 0.05) is 25.9 Å². The second-order valence-electron chi connectivity index (χ2n) is 3.84. The summed E-state index contributed by atoms with van der Waals surface area (Å²) in [6.45, 7) is 5.17. The summed E-state index contributed by atoms with van der Waals surface area (Å²) in [6.07, 6.45) is 1.07. The zero-order chi connectivity index (χ0) is 12.7. The number of carbonyl (C=O) groups excluding carboxylic acids is 1. The van der Waals surface area contributed by atoms with Crippen molar-refractivity contribution in [2.24, 2.45) is 5.92 Å². The minimum atomic E-state index is 0. The molecule has 1 aromatic carbocycles. The predicted molar refractivity (Wildman–Crippen MR) is 86.2 cm³/mol. The number of hydrogen-bond donors (Lipinski definition) is 0. The van der Waals surface area contributed by atoms with Gasteiger partial charge in [0.15, 0.2) is 0 Å². The molecule has 2 rings (SSSR count). The van der Waals surface area contributed by atoms with Gasteiger partial charge in [-0.25, -0.2) is 0 Å². The summed E-state index contributed by atoms with van der Waals surface area (Å²) in [5, 5.41) is 0.794. The first-order chi connectivity index (χ1) is 8.15. The molecule has 0 aliphatic carbocycles. The van der Waals surface area contributed by atoms with Gasteiger partial charge >= 0.3 is 0 Å². The first kappa shape index (κ1) is 17.8. The number of amides is 1. The summed E-state index contributed by atoms with van der Waals surface area (Å²) < 4.78 is 2.00. The van der Waals surface area contributed by atoms with Gasteiger partial charge in [0.1, 0.15) is 0 Å². The maximum absolute atomic E-state index is 11.2. The van der Waals surface area contributed by atoms with E-state index in [0.29, 0.717) is 11.8 Å². The fourth-order valence-corrected chi connectivity index (χ4v) is 3.95. The van der Waals surface area contributed by atoms with Crippen LogP contribution in [0.3, 0.4) is 0 Å². The molecule has 1 aromatic rings. The summed E-state index contributed by atoms with van der Waals surface area (Å²) in [6, 6.07) is 9.44. The molecule has 102 valence electrons. The fraction of sp³-hybridized carbons (Fsp3) is 0.462. The van der Waals surface area contributed by atoms with Crippen LogP contribution in [0.2, 0.25) is 5.02 Å². The third-order valence-corrected chi connectivity index (χ3v) is 5.12. The molecule has 3 unspecified atom stereocenters. The van der Waals surface area contributed by atoms with Crippen LogP contribution in [0.1, 0.15) is 20.8 Å². The molecular formula is C13H22ClNOP2. The third kappa shape index (κ3) is 6.14. The molecule has 0 bridgehead atoms. The quantitative estimate of drug-likeness (QED) is 0.728. The number of hydrogen-bond acceptors (Lipinski definition) is 1. The second-order valence-corrected chi connectivity index (χ2v) is 7.71. The molecule has 1 aliphatic rings. The van der Waals surface area contributed by atoms with Gasteiger partial charge in [-0.2, -0.15) is 0 Å². The Labute approximate surface area is 119 Å². The van der Waals surface area contributed by atoms with Crippen LogP contribution in [0.25, 0.3) is 0 Å². The highest BCUT2D eigenvalue weighted by atomic mass is 35.5. The zero-order valence-electron chi connectivity index (χ0n) is 10.1. The van der Waals surface area contributed by atoms with Crippen molar-refractivity contribution in [2.75, 3.05) is 13.2 Å². The van der Waals surface area contributed by atoms with Crippen LogP contribution in [0.4, 0.5) is 0 Å². The molecule has 1 heterocycles. The number of rotatable bonds is 2. The van der Waals surface area contributed by atoms with E-state index in [1.54, 1.807) is 0 Å². The van der Waals surface area contributed by atoms with E-state index < -0.39 is 0 Å². The van der Waals surface area contributed by atoms with E-state index in [0.717, 1.165) is 34.7 Å². The van der Waals surface area contributed by atoms with Gasteiger partial charge in [0.05, 0.1) is 0 Å². The molecular weight excluding hydrogens is 284 g/mol. The number of carbonyl (C=O) groups is 1. The third-order valence-electron chi connectivity index (χ3n) is 2.45. The fourth-order valence-electron chi connectivity index (χ4n) is 1.48. The highest BCUT2D eigenvalue weighted by Crippen LogP contribution is 2.40. The van der Waals surface area contributed by atoms with Crippen molar-refractivity contribution in [2.45, 2.75) is 20.8 Å². The van der Waals surface area contributed by atoms with E-state index >= 15 is 0 Å². The molecule has 0 aromatic heterocycles. The number of nitrogens with zero attached hydrogens (tertiary/aromatic N) is 1. The highest BCUT2D eigenvalue weighted by Gasteiger charge is 2.26. The van der Waals surface area contributed by atoms with Gasteiger partial charge in [-0.15, -0.1) is 0 Å². The molecule has 0 radical (unpaired) electrons. The van der Waals surface area contributed by atoms with Crippen LogP contribution in [0.5, 0.6) is 0 Å². The average molecular weight is 306 g/mol. The Morgan fingerprint density at radius 1 is 1.33 bits per heavy atom. The maximum Gasteiger partial charge on any atom is 0.228 e. The SMILES string of the molecule is C.CPPN1CCC(C)C1=O.Clc1ccccc1. The van der Waals surface area contributed by atoms with Crippen molar-refractivity contribution in [1.82, 2.24) is 4.67 Å². The number of halogens is 1. The molecule has 1 aliphatic heterocycles. The van der Waals surface area contributed by atoms with Crippen LogP contribution in [0.15, 0.2) is 30.3 Å². The van der Waals surface area contributed by atoms with E-state index in [4.69, 9.17) is 11.6 Å². The second kappa shape index (κ2) is 9.73. The van der Waals surface area contributed by atoms with Crippen LogP contribution in [0, 0.1) is 5.92 Å². The van der Waals surface area contributed by atoms with Crippen molar-refractivity contribution < 1.29 is 4.79 Å². The van der Waals surface area contributed by atoms with E-state index in [1.807, 2.05) is 41.9 Å². The highest BCUT2D eigenvalue weighted by molar-refractivity contribution is 8.10. The lowest BCUT2D eigenvalue weighted by atomic mass is 10.1. The van der Waals surface area contributed by atoms with Gasteiger partial charge in [-0.3, -0.25) is 4.79 Å². The molecule has 0 saturated carbocycles. The topological polar surface area (TPSA) is 20.3 Å². The summed E-state index contributed by atoms with van der Waals surface area (Å²) in [4.78, 5) is 11.2. The van der Waals surface area contributed by atoms with Crippen molar-refractivity contribution >= 4 is 34.2 Å². The van der Waals surface area contributed by atoms with Gasteiger partial charge in [0.25, 0.3) is 0 Å².